The second kappa shape index (κ2) is 11.0. The Hall–Kier alpha value is -2.35. The number of benzene rings is 2. The second-order valence-corrected chi connectivity index (χ2v) is 7.36. The van der Waals surface area contributed by atoms with Gasteiger partial charge >= 0.3 is 6.03 Å². The average Bonchev–Trinajstić information content (AvgIpc) is 2.75. The molecule has 0 saturated carbocycles. The minimum atomic E-state index is -1.34. The zero-order valence-corrected chi connectivity index (χ0v) is 17.2. The molecule has 9 heteroatoms. The first-order valence-electron chi connectivity index (χ1n) is 8.83. The Labute approximate surface area is 178 Å². The molecule has 0 spiro atoms. The van der Waals surface area contributed by atoms with Gasteiger partial charge in [-0.2, -0.15) is 0 Å². The zero-order valence-electron chi connectivity index (χ0n) is 15.7. The van der Waals surface area contributed by atoms with E-state index in [4.69, 9.17) is 23.2 Å². The molecule has 156 valence electrons. The van der Waals surface area contributed by atoms with Crippen molar-refractivity contribution in [1.82, 2.24) is 16.0 Å². The largest absolute Gasteiger partial charge is 0.386 e. The van der Waals surface area contributed by atoms with Gasteiger partial charge in [0, 0.05) is 13.6 Å². The van der Waals surface area contributed by atoms with Crippen molar-refractivity contribution in [2.45, 2.75) is 23.5 Å². The predicted molar refractivity (Wildman–Crippen MR) is 112 cm³/mol. The van der Waals surface area contributed by atoms with Crippen molar-refractivity contribution in [2.75, 3.05) is 13.7 Å². The van der Waals surface area contributed by atoms with Gasteiger partial charge in [-0.05, 0) is 22.3 Å². The summed E-state index contributed by atoms with van der Waals surface area (Å²) < 4.78 is 13.2. The molecule has 2 aromatic rings. The highest BCUT2D eigenvalue weighted by Gasteiger charge is 2.25. The lowest BCUT2D eigenvalue weighted by Crippen LogP contribution is -2.43. The summed E-state index contributed by atoms with van der Waals surface area (Å²) in [5, 5.41) is 17.8. The Kier molecular flexibility index (Phi) is 8.70. The summed E-state index contributed by atoms with van der Waals surface area (Å²) in [6.45, 7) is -0.562. The molecule has 3 amide bonds. The van der Waals surface area contributed by atoms with Gasteiger partial charge in [0.25, 0.3) is 5.91 Å². The molecular formula is C20H22Cl2FN3O3. The van der Waals surface area contributed by atoms with Crippen molar-refractivity contribution in [2.24, 2.45) is 0 Å². The molecule has 0 aliphatic rings. The lowest BCUT2D eigenvalue weighted by atomic mass is 9.98. The summed E-state index contributed by atoms with van der Waals surface area (Å²) in [5.41, 5.74) is 3.23. The van der Waals surface area contributed by atoms with E-state index >= 15 is 0 Å². The van der Waals surface area contributed by atoms with Gasteiger partial charge in [-0.25, -0.2) is 9.18 Å². The van der Waals surface area contributed by atoms with Gasteiger partial charge in [0.2, 0.25) is 0 Å². The van der Waals surface area contributed by atoms with Crippen LogP contribution in [0.3, 0.4) is 0 Å². The number of aliphatic hydroxyl groups is 1. The summed E-state index contributed by atoms with van der Waals surface area (Å²) >= 11 is 10.9. The van der Waals surface area contributed by atoms with E-state index in [0.29, 0.717) is 12.1 Å². The summed E-state index contributed by atoms with van der Waals surface area (Å²) in [5.74, 6) is -0.766. The number of halogens is 3. The fraction of sp³-hybridized carbons (Fsp3) is 0.300. The Bertz CT molecular complexity index is 817. The van der Waals surface area contributed by atoms with Gasteiger partial charge in [-0.1, -0.05) is 71.7 Å². The van der Waals surface area contributed by atoms with Crippen molar-refractivity contribution in [3.05, 3.63) is 59.7 Å². The molecule has 0 aliphatic heterocycles. The highest BCUT2D eigenvalue weighted by atomic mass is 35.5. The molecule has 6 nitrogen and oxygen atoms in total. The van der Waals surface area contributed by atoms with Crippen LogP contribution in [0.25, 0.3) is 11.1 Å². The first-order chi connectivity index (χ1) is 13.8. The monoisotopic (exact) mass is 441 g/mol. The van der Waals surface area contributed by atoms with Gasteiger partial charge < -0.3 is 21.1 Å². The number of alkyl halides is 3. The van der Waals surface area contributed by atoms with Crippen molar-refractivity contribution < 1.29 is 19.1 Å². The summed E-state index contributed by atoms with van der Waals surface area (Å²) in [7, 11) is 1.55. The minimum absolute atomic E-state index is 0.251. The van der Waals surface area contributed by atoms with E-state index in [9.17, 15) is 19.1 Å². The third-order valence-electron chi connectivity index (χ3n) is 4.29. The van der Waals surface area contributed by atoms with Crippen LogP contribution in [0.5, 0.6) is 0 Å². The number of hydrogen-bond acceptors (Lipinski definition) is 3. The van der Waals surface area contributed by atoms with Crippen LogP contribution in [0.2, 0.25) is 0 Å². The number of rotatable bonds is 8. The Morgan fingerprint density at radius 2 is 1.59 bits per heavy atom. The lowest BCUT2D eigenvalue weighted by Gasteiger charge is -2.22. The standard InChI is InChI=1S/C20H22Cl2FN3O3/c1-24-20(29)25-11-12-2-4-13(5-3-12)14-6-8-15(9-7-14)17(27)16(10-23)26-19(28)18(21)22/h2-9,16-18,27H,10-11H2,1H3,(H,26,28)(H2,24,25,29). The lowest BCUT2D eigenvalue weighted by molar-refractivity contribution is -0.121. The molecule has 2 unspecified atom stereocenters. The number of aliphatic hydroxyl groups excluding tert-OH is 1. The Morgan fingerprint density at radius 1 is 1.03 bits per heavy atom. The van der Waals surface area contributed by atoms with Crippen molar-refractivity contribution in [3.63, 3.8) is 0 Å². The van der Waals surface area contributed by atoms with E-state index in [1.54, 1.807) is 31.3 Å². The summed E-state index contributed by atoms with van der Waals surface area (Å²) in [4.78, 5) is 21.4. The Morgan fingerprint density at radius 3 is 2.07 bits per heavy atom. The maximum absolute atomic E-state index is 13.2. The van der Waals surface area contributed by atoms with E-state index in [2.05, 4.69) is 16.0 Å². The van der Waals surface area contributed by atoms with Gasteiger partial charge in [0.15, 0.2) is 4.84 Å². The first kappa shape index (κ1) is 22.9. The molecule has 0 bridgehead atoms. The molecule has 2 rings (SSSR count). The van der Waals surface area contributed by atoms with Crippen LogP contribution >= 0.6 is 23.2 Å². The van der Waals surface area contributed by atoms with Gasteiger partial charge in [0.1, 0.15) is 12.8 Å². The van der Waals surface area contributed by atoms with E-state index in [-0.39, 0.29) is 6.03 Å². The fourth-order valence-corrected chi connectivity index (χ4v) is 2.76. The topological polar surface area (TPSA) is 90.5 Å². The molecule has 0 saturated heterocycles. The van der Waals surface area contributed by atoms with Crippen LogP contribution < -0.4 is 16.0 Å². The maximum atomic E-state index is 13.2. The average molecular weight is 442 g/mol. The van der Waals surface area contributed by atoms with Crippen LogP contribution in [0.15, 0.2) is 48.5 Å². The maximum Gasteiger partial charge on any atom is 0.314 e. The smallest absolute Gasteiger partial charge is 0.314 e. The number of nitrogens with one attached hydrogen (secondary N) is 3. The highest BCUT2D eigenvalue weighted by molar-refractivity contribution is 6.53. The van der Waals surface area contributed by atoms with E-state index < -0.39 is 29.6 Å². The number of carbonyl (C=O) groups is 2. The number of urea groups is 1. The van der Waals surface area contributed by atoms with E-state index in [1.807, 2.05) is 24.3 Å². The van der Waals surface area contributed by atoms with Gasteiger partial charge in [-0.15, -0.1) is 0 Å². The SMILES string of the molecule is CNC(=O)NCc1ccc(-c2ccc(C(O)C(CF)NC(=O)C(Cl)Cl)cc2)cc1. The van der Waals surface area contributed by atoms with Crippen molar-refractivity contribution in [3.8, 4) is 11.1 Å². The minimum Gasteiger partial charge on any atom is -0.386 e. The normalized spacial score (nSPS) is 12.9. The quantitative estimate of drug-likeness (QED) is 0.474. The van der Waals surface area contributed by atoms with Crippen LogP contribution in [-0.2, 0) is 11.3 Å². The van der Waals surface area contributed by atoms with E-state index in [0.717, 1.165) is 16.7 Å². The number of hydrogen-bond donors (Lipinski definition) is 4. The van der Waals surface area contributed by atoms with Crippen LogP contribution in [-0.4, -0.2) is 41.6 Å². The van der Waals surface area contributed by atoms with Crippen LogP contribution in [0.1, 0.15) is 17.2 Å². The number of amides is 3. The van der Waals surface area contributed by atoms with E-state index in [1.165, 1.54) is 0 Å². The molecule has 0 radical (unpaired) electrons. The molecule has 0 heterocycles. The highest BCUT2D eigenvalue weighted by Crippen LogP contribution is 2.24. The van der Waals surface area contributed by atoms with Crippen LogP contribution in [0.4, 0.5) is 9.18 Å². The van der Waals surface area contributed by atoms with Gasteiger partial charge in [-0.3, -0.25) is 4.79 Å². The van der Waals surface area contributed by atoms with Crippen molar-refractivity contribution in [1.29, 1.82) is 0 Å². The predicted octanol–water partition coefficient (Wildman–Crippen LogP) is 3.07. The molecular weight excluding hydrogens is 420 g/mol. The van der Waals surface area contributed by atoms with Crippen LogP contribution in [0, 0.1) is 0 Å². The molecule has 2 atom stereocenters. The third-order valence-corrected chi connectivity index (χ3v) is 4.69. The summed E-state index contributed by atoms with van der Waals surface area (Å²) in [6.07, 6.45) is -1.25. The first-order valence-corrected chi connectivity index (χ1v) is 9.70. The van der Waals surface area contributed by atoms with Gasteiger partial charge in [0.05, 0.1) is 6.04 Å². The molecule has 4 N–H and O–H groups in total. The molecule has 2 aromatic carbocycles. The third kappa shape index (κ3) is 6.59. The molecule has 0 aliphatic carbocycles. The fourth-order valence-electron chi connectivity index (χ4n) is 2.64. The molecule has 29 heavy (non-hydrogen) atoms. The van der Waals surface area contributed by atoms with Crippen molar-refractivity contribution >= 4 is 35.1 Å². The second-order valence-electron chi connectivity index (χ2n) is 6.27. The Balaban J connectivity index is 2.05. The zero-order chi connectivity index (χ0) is 21.4. The molecule has 0 aromatic heterocycles. The summed E-state index contributed by atoms with van der Waals surface area (Å²) in [6, 6.07) is 13.1. The number of carbonyl (C=O) groups excluding carboxylic acids is 2. The molecule has 0 fully saturated rings.